The van der Waals surface area contributed by atoms with Crippen LogP contribution in [-0.2, 0) is 16.6 Å². The summed E-state index contributed by atoms with van der Waals surface area (Å²) in [6.45, 7) is 1.92. The number of hydrogen-bond acceptors (Lipinski definition) is 5. The lowest BCUT2D eigenvalue weighted by molar-refractivity contribution is -0.153. The van der Waals surface area contributed by atoms with Crippen LogP contribution in [-0.4, -0.2) is 37.9 Å². The normalized spacial score (nSPS) is 19.2. The van der Waals surface area contributed by atoms with Gasteiger partial charge in [-0.15, -0.1) is 0 Å². The zero-order chi connectivity index (χ0) is 21.6. The number of carbonyl (C=O) groups is 1. The standard InChI is InChI=1S/C21H20ClN3O5/c1-11-23-18-16(19(26)24(11)2)10-15(12-7-8-30-17(9-12)21(28)29)20(27)25(18)14-5-3-13(22)4-6-14/h3-6,10,12,17H,7-9H2,1-2H3,(H,28,29)/t12-,17+/m0/s1. The lowest BCUT2D eigenvalue weighted by Gasteiger charge is -2.27. The fourth-order valence-electron chi connectivity index (χ4n) is 3.82. The lowest BCUT2D eigenvalue weighted by Crippen LogP contribution is -2.35. The number of pyridine rings is 1. The minimum atomic E-state index is -1.06. The van der Waals surface area contributed by atoms with Crippen LogP contribution >= 0.6 is 11.6 Å². The molecule has 2 aromatic heterocycles. The Labute approximate surface area is 176 Å². The molecular formula is C21H20ClN3O5. The van der Waals surface area contributed by atoms with Gasteiger partial charge in [0, 0.05) is 24.2 Å². The Morgan fingerprint density at radius 3 is 2.60 bits per heavy atom. The third-order valence-electron chi connectivity index (χ3n) is 5.57. The van der Waals surface area contributed by atoms with Crippen molar-refractivity contribution in [3.63, 3.8) is 0 Å². The number of benzene rings is 1. The van der Waals surface area contributed by atoms with E-state index < -0.39 is 12.1 Å². The number of carboxylic acids is 1. The van der Waals surface area contributed by atoms with Gasteiger partial charge in [-0.05, 0) is 56.0 Å². The van der Waals surface area contributed by atoms with Crippen molar-refractivity contribution in [2.75, 3.05) is 6.61 Å². The average Bonchev–Trinajstić information content (AvgIpc) is 2.73. The number of aryl methyl sites for hydroxylation is 1. The largest absolute Gasteiger partial charge is 0.479 e. The third kappa shape index (κ3) is 3.42. The molecule has 0 unspecified atom stereocenters. The molecule has 3 heterocycles. The highest BCUT2D eigenvalue weighted by atomic mass is 35.5. The van der Waals surface area contributed by atoms with E-state index >= 15 is 0 Å². The molecule has 0 amide bonds. The Morgan fingerprint density at radius 2 is 1.93 bits per heavy atom. The second kappa shape index (κ2) is 7.70. The highest BCUT2D eigenvalue weighted by molar-refractivity contribution is 6.30. The summed E-state index contributed by atoms with van der Waals surface area (Å²) in [7, 11) is 1.62. The number of aliphatic carboxylic acids is 1. The summed E-state index contributed by atoms with van der Waals surface area (Å²) >= 11 is 6.00. The molecule has 9 heteroatoms. The molecule has 2 atom stereocenters. The Morgan fingerprint density at radius 1 is 1.23 bits per heavy atom. The van der Waals surface area contributed by atoms with Crippen LogP contribution in [0.4, 0.5) is 0 Å². The van der Waals surface area contributed by atoms with Gasteiger partial charge in [0.25, 0.3) is 11.1 Å². The Hall–Kier alpha value is -2.97. The van der Waals surface area contributed by atoms with E-state index in [-0.39, 0.29) is 35.7 Å². The maximum atomic E-state index is 13.5. The zero-order valence-electron chi connectivity index (χ0n) is 16.5. The van der Waals surface area contributed by atoms with E-state index in [1.165, 1.54) is 9.13 Å². The van der Waals surface area contributed by atoms with E-state index in [0.717, 1.165) is 0 Å². The first-order valence-corrected chi connectivity index (χ1v) is 9.89. The monoisotopic (exact) mass is 429 g/mol. The highest BCUT2D eigenvalue weighted by Gasteiger charge is 2.31. The van der Waals surface area contributed by atoms with Gasteiger partial charge in [-0.2, -0.15) is 0 Å². The summed E-state index contributed by atoms with van der Waals surface area (Å²) in [5, 5.41) is 10.1. The minimum absolute atomic E-state index is 0.163. The molecule has 1 aromatic carbocycles. The zero-order valence-corrected chi connectivity index (χ0v) is 17.2. The molecule has 1 N–H and O–H groups in total. The van der Waals surface area contributed by atoms with E-state index in [2.05, 4.69) is 4.98 Å². The van der Waals surface area contributed by atoms with Crippen molar-refractivity contribution in [1.82, 2.24) is 14.1 Å². The van der Waals surface area contributed by atoms with Gasteiger partial charge in [-0.25, -0.2) is 9.78 Å². The maximum absolute atomic E-state index is 13.5. The molecule has 4 rings (SSSR count). The number of ether oxygens (including phenoxy) is 1. The summed E-state index contributed by atoms with van der Waals surface area (Å²) in [4.78, 5) is 42.4. The topological polar surface area (TPSA) is 103 Å². The van der Waals surface area contributed by atoms with Gasteiger partial charge >= 0.3 is 5.97 Å². The van der Waals surface area contributed by atoms with Gasteiger partial charge in [0.15, 0.2) is 11.8 Å². The van der Waals surface area contributed by atoms with Gasteiger partial charge in [-0.1, -0.05) is 11.6 Å². The molecule has 0 saturated carbocycles. The molecule has 1 aliphatic rings. The molecule has 8 nitrogen and oxygen atoms in total. The minimum Gasteiger partial charge on any atom is -0.479 e. The number of fused-ring (bicyclic) bond motifs is 1. The predicted molar refractivity (Wildman–Crippen MR) is 112 cm³/mol. The molecule has 0 bridgehead atoms. The summed E-state index contributed by atoms with van der Waals surface area (Å²) in [5.74, 6) is -0.938. The van der Waals surface area contributed by atoms with Crippen molar-refractivity contribution in [2.45, 2.75) is 31.8 Å². The Kier molecular flexibility index (Phi) is 5.21. The van der Waals surface area contributed by atoms with Crippen LogP contribution in [0.25, 0.3) is 16.7 Å². The number of rotatable bonds is 3. The van der Waals surface area contributed by atoms with Crippen LogP contribution in [0.2, 0.25) is 5.02 Å². The second-order valence-corrected chi connectivity index (χ2v) is 7.83. The summed E-state index contributed by atoms with van der Waals surface area (Å²) in [5.41, 5.74) is 0.561. The molecule has 1 aliphatic heterocycles. The van der Waals surface area contributed by atoms with Gasteiger partial charge < -0.3 is 9.84 Å². The number of carboxylic acid groups (broad SMARTS) is 1. The fraction of sp³-hybridized carbons (Fsp3) is 0.333. The SMILES string of the molecule is Cc1nc2c(cc([C@H]3CCO[C@@H](C(=O)O)C3)c(=O)n2-c2ccc(Cl)cc2)c(=O)n1C. The number of nitrogens with zero attached hydrogens (tertiary/aromatic N) is 3. The van der Waals surface area contributed by atoms with Gasteiger partial charge in [0.2, 0.25) is 0 Å². The van der Waals surface area contributed by atoms with E-state index in [1.807, 2.05) is 0 Å². The molecule has 30 heavy (non-hydrogen) atoms. The fourth-order valence-corrected chi connectivity index (χ4v) is 3.95. The first kappa shape index (κ1) is 20.3. The molecule has 156 valence electrons. The van der Waals surface area contributed by atoms with E-state index in [9.17, 15) is 19.5 Å². The van der Waals surface area contributed by atoms with Crippen molar-refractivity contribution >= 4 is 28.6 Å². The van der Waals surface area contributed by atoms with Crippen molar-refractivity contribution in [3.05, 3.63) is 67.4 Å². The number of halogens is 1. The van der Waals surface area contributed by atoms with Gasteiger partial charge in [0.1, 0.15) is 5.82 Å². The van der Waals surface area contributed by atoms with E-state index in [0.29, 0.717) is 33.9 Å². The van der Waals surface area contributed by atoms with Crippen LogP contribution in [0.1, 0.15) is 30.1 Å². The van der Waals surface area contributed by atoms with E-state index in [1.54, 1.807) is 44.3 Å². The predicted octanol–water partition coefficient (Wildman–Crippen LogP) is 2.39. The molecule has 1 saturated heterocycles. The smallest absolute Gasteiger partial charge is 0.332 e. The second-order valence-electron chi connectivity index (χ2n) is 7.40. The van der Waals surface area contributed by atoms with E-state index in [4.69, 9.17) is 16.3 Å². The number of aromatic nitrogens is 3. The Balaban J connectivity index is 2.02. The van der Waals surface area contributed by atoms with Crippen LogP contribution in [0.5, 0.6) is 0 Å². The average molecular weight is 430 g/mol. The van der Waals surface area contributed by atoms with Crippen molar-refractivity contribution < 1.29 is 14.6 Å². The molecule has 0 spiro atoms. The van der Waals surface area contributed by atoms with Gasteiger partial charge in [0.05, 0.1) is 11.1 Å². The van der Waals surface area contributed by atoms with Crippen LogP contribution in [0, 0.1) is 6.92 Å². The van der Waals surface area contributed by atoms with Crippen LogP contribution < -0.4 is 11.1 Å². The lowest BCUT2D eigenvalue weighted by atomic mass is 9.88. The van der Waals surface area contributed by atoms with Gasteiger partial charge in [-0.3, -0.25) is 18.7 Å². The number of hydrogen-bond donors (Lipinski definition) is 1. The molecule has 1 fully saturated rings. The molecule has 3 aromatic rings. The first-order chi connectivity index (χ1) is 14.3. The summed E-state index contributed by atoms with van der Waals surface area (Å²) in [6.07, 6.45) is -0.331. The van der Waals surface area contributed by atoms with Crippen molar-refractivity contribution in [2.24, 2.45) is 7.05 Å². The quantitative estimate of drug-likeness (QED) is 0.685. The third-order valence-corrected chi connectivity index (χ3v) is 5.83. The Bertz CT molecular complexity index is 1260. The maximum Gasteiger partial charge on any atom is 0.332 e. The molecule has 0 radical (unpaired) electrons. The van der Waals surface area contributed by atoms with Crippen molar-refractivity contribution in [3.8, 4) is 5.69 Å². The van der Waals surface area contributed by atoms with Crippen LogP contribution in [0.15, 0.2) is 39.9 Å². The van der Waals surface area contributed by atoms with Crippen LogP contribution in [0.3, 0.4) is 0 Å². The molecule has 0 aliphatic carbocycles. The first-order valence-electron chi connectivity index (χ1n) is 9.51. The molecular weight excluding hydrogens is 410 g/mol. The summed E-state index contributed by atoms with van der Waals surface area (Å²) in [6, 6.07) is 8.25. The highest BCUT2D eigenvalue weighted by Crippen LogP contribution is 2.30. The summed E-state index contributed by atoms with van der Waals surface area (Å²) < 4.78 is 8.13. The van der Waals surface area contributed by atoms with Crippen molar-refractivity contribution in [1.29, 1.82) is 0 Å².